The van der Waals surface area contributed by atoms with Crippen molar-refractivity contribution in [1.29, 1.82) is 0 Å². The fourth-order valence-electron chi connectivity index (χ4n) is 3.30. The number of rotatable bonds is 2. The van der Waals surface area contributed by atoms with E-state index >= 15 is 0 Å². The summed E-state index contributed by atoms with van der Waals surface area (Å²) in [6.45, 7) is 11.3. The molecule has 2 atom stereocenters. The topological polar surface area (TPSA) is 29.3 Å². The van der Waals surface area contributed by atoms with Crippen molar-refractivity contribution < 1.29 is 0 Å². The summed E-state index contributed by atoms with van der Waals surface area (Å²) >= 11 is 6.38. The second-order valence-corrected chi connectivity index (χ2v) is 7.88. The van der Waals surface area contributed by atoms with E-state index in [4.69, 9.17) is 17.3 Å². The zero-order chi connectivity index (χ0) is 15.6. The molecule has 1 fully saturated rings. The van der Waals surface area contributed by atoms with Crippen LogP contribution in [0.5, 0.6) is 0 Å². The molecule has 3 heteroatoms. The van der Waals surface area contributed by atoms with Gasteiger partial charge in [0, 0.05) is 29.8 Å². The molecule has 1 aliphatic heterocycles. The van der Waals surface area contributed by atoms with Crippen molar-refractivity contribution in [2.75, 3.05) is 18.0 Å². The van der Waals surface area contributed by atoms with Crippen LogP contribution in [0, 0.1) is 11.3 Å². The van der Waals surface area contributed by atoms with Gasteiger partial charge in [-0.05, 0) is 55.2 Å². The molecule has 0 aromatic heterocycles. The highest BCUT2D eigenvalue weighted by Crippen LogP contribution is 2.36. The fourth-order valence-corrected chi connectivity index (χ4v) is 3.65. The summed E-state index contributed by atoms with van der Waals surface area (Å²) in [5, 5.41) is 0.791. The van der Waals surface area contributed by atoms with Gasteiger partial charge in [-0.2, -0.15) is 0 Å². The Morgan fingerprint density at radius 3 is 2.52 bits per heavy atom. The summed E-state index contributed by atoms with van der Waals surface area (Å²) in [6, 6.07) is 6.31. The van der Waals surface area contributed by atoms with Gasteiger partial charge in [0.15, 0.2) is 0 Å². The molecule has 1 heterocycles. The van der Waals surface area contributed by atoms with Crippen LogP contribution in [0.3, 0.4) is 0 Å². The largest absolute Gasteiger partial charge is 0.371 e. The van der Waals surface area contributed by atoms with Crippen LogP contribution in [-0.2, 0) is 0 Å². The van der Waals surface area contributed by atoms with Crippen LogP contribution in [0.25, 0.3) is 0 Å². The van der Waals surface area contributed by atoms with Gasteiger partial charge >= 0.3 is 0 Å². The molecule has 0 saturated carbocycles. The van der Waals surface area contributed by atoms with Crippen molar-refractivity contribution >= 4 is 17.3 Å². The fraction of sp³-hybridized carbons (Fsp3) is 0.667. The van der Waals surface area contributed by atoms with E-state index in [9.17, 15) is 0 Å². The van der Waals surface area contributed by atoms with Gasteiger partial charge in [0.1, 0.15) is 0 Å². The molecule has 1 aromatic rings. The molecule has 0 aliphatic carbocycles. The summed E-state index contributed by atoms with van der Waals surface area (Å²) in [5.41, 5.74) is 8.61. The SMILES string of the molecule is CC(N)c1ccc(N2CCCC(C(C)(C)C)CC2)cc1Cl. The van der Waals surface area contributed by atoms with Crippen molar-refractivity contribution in [3.05, 3.63) is 28.8 Å². The third kappa shape index (κ3) is 4.14. The third-order valence-corrected chi connectivity index (χ3v) is 5.12. The van der Waals surface area contributed by atoms with Crippen LogP contribution < -0.4 is 10.6 Å². The minimum atomic E-state index is -0.0130. The number of hydrogen-bond acceptors (Lipinski definition) is 2. The highest BCUT2D eigenvalue weighted by Gasteiger charge is 2.27. The van der Waals surface area contributed by atoms with Gasteiger partial charge < -0.3 is 10.6 Å². The Kier molecular flexibility index (Phi) is 5.21. The van der Waals surface area contributed by atoms with Gasteiger partial charge in [0.05, 0.1) is 0 Å². The van der Waals surface area contributed by atoms with Crippen LogP contribution >= 0.6 is 11.6 Å². The molecular formula is C18H29ClN2. The van der Waals surface area contributed by atoms with Crippen molar-refractivity contribution in [2.45, 2.75) is 53.0 Å². The summed E-state index contributed by atoms with van der Waals surface area (Å²) in [4.78, 5) is 2.47. The summed E-state index contributed by atoms with van der Waals surface area (Å²) in [6.07, 6.45) is 3.84. The van der Waals surface area contributed by atoms with Crippen LogP contribution in [-0.4, -0.2) is 13.1 Å². The summed E-state index contributed by atoms with van der Waals surface area (Å²) in [7, 11) is 0. The van der Waals surface area contributed by atoms with E-state index in [1.807, 2.05) is 6.92 Å². The molecule has 1 aromatic carbocycles. The smallest absolute Gasteiger partial charge is 0.0474 e. The first-order chi connectivity index (χ1) is 9.79. The molecule has 0 spiro atoms. The van der Waals surface area contributed by atoms with Crippen LogP contribution in [0.15, 0.2) is 18.2 Å². The van der Waals surface area contributed by atoms with E-state index in [0.29, 0.717) is 5.41 Å². The molecule has 1 saturated heterocycles. The van der Waals surface area contributed by atoms with E-state index in [1.165, 1.54) is 24.9 Å². The Balaban J connectivity index is 2.11. The molecule has 0 radical (unpaired) electrons. The van der Waals surface area contributed by atoms with Crippen LogP contribution in [0.2, 0.25) is 5.02 Å². The summed E-state index contributed by atoms with van der Waals surface area (Å²) < 4.78 is 0. The van der Waals surface area contributed by atoms with Crippen LogP contribution in [0.4, 0.5) is 5.69 Å². The lowest BCUT2D eigenvalue weighted by Gasteiger charge is -2.30. The number of nitrogens with two attached hydrogens (primary N) is 1. The van der Waals surface area contributed by atoms with Gasteiger partial charge in [-0.15, -0.1) is 0 Å². The number of halogens is 1. The van der Waals surface area contributed by atoms with Gasteiger partial charge in [0.25, 0.3) is 0 Å². The molecule has 2 rings (SSSR count). The normalized spacial score (nSPS) is 22.0. The minimum absolute atomic E-state index is 0.0130. The average Bonchev–Trinajstić information content (AvgIpc) is 2.63. The molecular weight excluding hydrogens is 280 g/mol. The predicted octanol–water partition coefficient (Wildman–Crippen LogP) is 5.01. The Morgan fingerprint density at radius 2 is 1.95 bits per heavy atom. The zero-order valence-corrected chi connectivity index (χ0v) is 14.6. The first-order valence-electron chi connectivity index (χ1n) is 8.09. The Morgan fingerprint density at radius 1 is 1.24 bits per heavy atom. The van der Waals surface area contributed by atoms with E-state index in [2.05, 4.69) is 43.9 Å². The van der Waals surface area contributed by atoms with Crippen molar-refractivity contribution in [2.24, 2.45) is 17.1 Å². The first-order valence-corrected chi connectivity index (χ1v) is 8.47. The summed E-state index contributed by atoms with van der Waals surface area (Å²) in [5.74, 6) is 0.807. The minimum Gasteiger partial charge on any atom is -0.371 e. The van der Waals surface area contributed by atoms with E-state index < -0.39 is 0 Å². The van der Waals surface area contributed by atoms with Crippen molar-refractivity contribution in [3.8, 4) is 0 Å². The Hall–Kier alpha value is -0.730. The van der Waals surface area contributed by atoms with Crippen LogP contribution in [0.1, 0.15) is 58.6 Å². The first kappa shape index (κ1) is 16.6. The molecule has 2 unspecified atom stereocenters. The molecule has 21 heavy (non-hydrogen) atoms. The van der Waals surface area contributed by atoms with Gasteiger partial charge in [0.2, 0.25) is 0 Å². The number of anilines is 1. The van der Waals surface area contributed by atoms with Crippen molar-refractivity contribution in [3.63, 3.8) is 0 Å². The molecule has 118 valence electrons. The maximum Gasteiger partial charge on any atom is 0.0474 e. The Bertz CT molecular complexity index is 477. The Labute approximate surface area is 134 Å². The number of benzene rings is 1. The second kappa shape index (κ2) is 6.58. The molecule has 0 amide bonds. The van der Waals surface area contributed by atoms with Gasteiger partial charge in [-0.1, -0.05) is 38.4 Å². The molecule has 0 bridgehead atoms. The third-order valence-electron chi connectivity index (χ3n) is 4.79. The number of hydrogen-bond donors (Lipinski definition) is 1. The second-order valence-electron chi connectivity index (χ2n) is 7.48. The maximum absolute atomic E-state index is 6.38. The predicted molar refractivity (Wildman–Crippen MR) is 93.1 cm³/mol. The maximum atomic E-state index is 6.38. The van der Waals surface area contributed by atoms with E-state index in [0.717, 1.165) is 29.6 Å². The highest BCUT2D eigenvalue weighted by atomic mass is 35.5. The monoisotopic (exact) mass is 308 g/mol. The molecule has 2 nitrogen and oxygen atoms in total. The molecule has 2 N–H and O–H groups in total. The lowest BCUT2D eigenvalue weighted by Crippen LogP contribution is -2.26. The zero-order valence-electron chi connectivity index (χ0n) is 13.8. The average molecular weight is 309 g/mol. The lowest BCUT2D eigenvalue weighted by atomic mass is 9.77. The lowest BCUT2D eigenvalue weighted by molar-refractivity contribution is 0.220. The standard InChI is InChI=1S/C18H29ClN2/c1-13(20)16-8-7-15(12-17(16)19)21-10-5-6-14(9-11-21)18(2,3)4/h7-8,12-14H,5-6,9-11,20H2,1-4H3. The number of nitrogens with zero attached hydrogens (tertiary/aromatic N) is 1. The quantitative estimate of drug-likeness (QED) is 0.832. The highest BCUT2D eigenvalue weighted by molar-refractivity contribution is 6.31. The van der Waals surface area contributed by atoms with E-state index in [-0.39, 0.29) is 6.04 Å². The van der Waals surface area contributed by atoms with Gasteiger partial charge in [-0.3, -0.25) is 0 Å². The molecule has 1 aliphatic rings. The van der Waals surface area contributed by atoms with E-state index in [1.54, 1.807) is 0 Å². The van der Waals surface area contributed by atoms with Gasteiger partial charge in [-0.25, -0.2) is 0 Å². The van der Waals surface area contributed by atoms with Crippen molar-refractivity contribution in [1.82, 2.24) is 0 Å².